The van der Waals surface area contributed by atoms with Gasteiger partial charge in [-0.2, -0.15) is 5.26 Å². The van der Waals surface area contributed by atoms with Gasteiger partial charge in [0.15, 0.2) is 0 Å². The fraction of sp³-hybridized carbons (Fsp3) is 0.500. The summed E-state index contributed by atoms with van der Waals surface area (Å²) in [4.78, 5) is 2.10. The maximum Gasteiger partial charge on any atom is 0.0677 e. The van der Waals surface area contributed by atoms with E-state index in [2.05, 4.69) is 28.4 Å². The zero-order valence-corrected chi connectivity index (χ0v) is 10.5. The van der Waals surface area contributed by atoms with E-state index in [4.69, 9.17) is 5.26 Å². The molecule has 1 fully saturated rings. The average molecular weight is 229 g/mol. The lowest BCUT2D eigenvalue weighted by Crippen LogP contribution is -2.24. The van der Waals surface area contributed by atoms with Crippen molar-refractivity contribution in [2.24, 2.45) is 5.92 Å². The van der Waals surface area contributed by atoms with Crippen molar-refractivity contribution in [1.82, 2.24) is 0 Å². The molecule has 2 atom stereocenters. The topological polar surface area (TPSA) is 39.1 Å². The van der Waals surface area contributed by atoms with E-state index in [1.807, 2.05) is 26.2 Å². The standard InChI is InChI=1S/C14H19N3/c1-17(2)14-9-4-3-7-13(14)16-12-8-5-6-11(12)10-15/h3-4,7,9,11-12,16H,5-6,8H2,1-2H3. The summed E-state index contributed by atoms with van der Waals surface area (Å²) < 4.78 is 0. The van der Waals surface area contributed by atoms with Crippen LogP contribution in [0.15, 0.2) is 24.3 Å². The number of nitrogens with one attached hydrogen (secondary N) is 1. The van der Waals surface area contributed by atoms with Crippen LogP contribution in [0.3, 0.4) is 0 Å². The van der Waals surface area contributed by atoms with Crippen molar-refractivity contribution in [2.75, 3.05) is 24.3 Å². The summed E-state index contributed by atoms with van der Waals surface area (Å²) in [5.74, 6) is 0.158. The van der Waals surface area contributed by atoms with Crippen molar-refractivity contribution in [3.05, 3.63) is 24.3 Å². The number of hydrogen-bond donors (Lipinski definition) is 1. The highest BCUT2D eigenvalue weighted by molar-refractivity contribution is 5.69. The molecule has 0 spiro atoms. The quantitative estimate of drug-likeness (QED) is 0.866. The molecule has 0 amide bonds. The van der Waals surface area contributed by atoms with E-state index in [-0.39, 0.29) is 5.92 Å². The van der Waals surface area contributed by atoms with Crippen LogP contribution in [0.5, 0.6) is 0 Å². The molecule has 90 valence electrons. The second-order valence-corrected chi connectivity index (χ2v) is 4.83. The lowest BCUT2D eigenvalue weighted by Gasteiger charge is -2.22. The Kier molecular flexibility index (Phi) is 3.53. The van der Waals surface area contributed by atoms with Gasteiger partial charge in [0, 0.05) is 20.1 Å². The van der Waals surface area contributed by atoms with Gasteiger partial charge in [-0.25, -0.2) is 0 Å². The largest absolute Gasteiger partial charge is 0.379 e. The Morgan fingerprint density at radius 3 is 2.76 bits per heavy atom. The van der Waals surface area contributed by atoms with Crippen LogP contribution < -0.4 is 10.2 Å². The molecule has 17 heavy (non-hydrogen) atoms. The molecule has 0 saturated heterocycles. The molecule has 2 rings (SSSR count). The van der Waals surface area contributed by atoms with E-state index in [0.717, 1.165) is 24.9 Å². The second-order valence-electron chi connectivity index (χ2n) is 4.83. The lowest BCUT2D eigenvalue weighted by atomic mass is 10.1. The van der Waals surface area contributed by atoms with Gasteiger partial charge in [0.25, 0.3) is 0 Å². The molecule has 0 heterocycles. The van der Waals surface area contributed by atoms with Gasteiger partial charge in [0.05, 0.1) is 23.4 Å². The van der Waals surface area contributed by atoms with E-state index in [9.17, 15) is 0 Å². The summed E-state index contributed by atoms with van der Waals surface area (Å²) in [5.41, 5.74) is 2.31. The van der Waals surface area contributed by atoms with Crippen molar-refractivity contribution in [2.45, 2.75) is 25.3 Å². The van der Waals surface area contributed by atoms with Crippen molar-refractivity contribution in [3.63, 3.8) is 0 Å². The Balaban J connectivity index is 2.16. The van der Waals surface area contributed by atoms with Crippen LogP contribution in [0, 0.1) is 17.2 Å². The minimum Gasteiger partial charge on any atom is -0.379 e. The van der Waals surface area contributed by atoms with Gasteiger partial charge in [0.2, 0.25) is 0 Å². The van der Waals surface area contributed by atoms with Crippen LogP contribution in [0.2, 0.25) is 0 Å². The molecule has 3 nitrogen and oxygen atoms in total. The molecule has 2 unspecified atom stereocenters. The lowest BCUT2D eigenvalue weighted by molar-refractivity contribution is 0.630. The normalized spacial score (nSPS) is 23.1. The number of anilines is 2. The molecule has 0 bridgehead atoms. The number of nitriles is 1. The first-order valence-corrected chi connectivity index (χ1v) is 6.15. The second kappa shape index (κ2) is 5.09. The highest BCUT2D eigenvalue weighted by atomic mass is 15.1. The zero-order chi connectivity index (χ0) is 12.3. The van der Waals surface area contributed by atoms with Gasteiger partial charge in [-0.3, -0.25) is 0 Å². The molecule has 0 radical (unpaired) electrons. The van der Waals surface area contributed by atoms with Crippen LogP contribution in [-0.4, -0.2) is 20.1 Å². The summed E-state index contributed by atoms with van der Waals surface area (Å²) in [6.45, 7) is 0. The van der Waals surface area contributed by atoms with E-state index < -0.39 is 0 Å². The fourth-order valence-corrected chi connectivity index (χ4v) is 2.47. The van der Waals surface area contributed by atoms with Gasteiger partial charge in [-0.1, -0.05) is 12.1 Å². The van der Waals surface area contributed by atoms with Crippen LogP contribution in [0.25, 0.3) is 0 Å². The SMILES string of the molecule is CN(C)c1ccccc1NC1CCCC1C#N. The Bertz CT molecular complexity index is 420. The molecule has 0 aromatic heterocycles. The van der Waals surface area contributed by atoms with Crippen molar-refractivity contribution in [1.29, 1.82) is 5.26 Å². The monoisotopic (exact) mass is 229 g/mol. The molecule has 1 aliphatic rings. The first-order valence-electron chi connectivity index (χ1n) is 6.15. The molecular formula is C14H19N3. The van der Waals surface area contributed by atoms with Crippen LogP contribution in [0.1, 0.15) is 19.3 Å². The predicted molar refractivity (Wildman–Crippen MR) is 71.1 cm³/mol. The third-order valence-electron chi connectivity index (χ3n) is 3.41. The number of rotatable bonds is 3. The third-order valence-corrected chi connectivity index (χ3v) is 3.41. The molecule has 3 heteroatoms. The van der Waals surface area contributed by atoms with E-state index in [1.54, 1.807) is 0 Å². The summed E-state index contributed by atoms with van der Waals surface area (Å²) in [7, 11) is 4.08. The zero-order valence-electron chi connectivity index (χ0n) is 10.5. The molecule has 1 N–H and O–H groups in total. The van der Waals surface area contributed by atoms with Gasteiger partial charge in [-0.05, 0) is 31.4 Å². The molecule has 1 aromatic carbocycles. The summed E-state index contributed by atoms with van der Waals surface area (Å²) >= 11 is 0. The maximum atomic E-state index is 9.09. The molecule has 1 saturated carbocycles. The number of nitrogens with zero attached hydrogens (tertiary/aromatic N) is 2. The Morgan fingerprint density at radius 1 is 1.29 bits per heavy atom. The van der Waals surface area contributed by atoms with Gasteiger partial charge >= 0.3 is 0 Å². The van der Waals surface area contributed by atoms with E-state index in [1.165, 1.54) is 5.69 Å². The Hall–Kier alpha value is -1.69. The number of benzene rings is 1. The summed E-state index contributed by atoms with van der Waals surface area (Å²) in [5, 5.41) is 12.6. The Morgan fingerprint density at radius 2 is 2.06 bits per heavy atom. The van der Waals surface area contributed by atoms with Crippen LogP contribution in [-0.2, 0) is 0 Å². The molecule has 0 aliphatic heterocycles. The van der Waals surface area contributed by atoms with Crippen LogP contribution in [0.4, 0.5) is 11.4 Å². The smallest absolute Gasteiger partial charge is 0.0677 e. The highest BCUT2D eigenvalue weighted by Gasteiger charge is 2.27. The number of hydrogen-bond acceptors (Lipinski definition) is 3. The molecular weight excluding hydrogens is 210 g/mol. The van der Waals surface area contributed by atoms with Gasteiger partial charge in [-0.15, -0.1) is 0 Å². The van der Waals surface area contributed by atoms with Gasteiger partial charge in [0.1, 0.15) is 0 Å². The van der Waals surface area contributed by atoms with Crippen molar-refractivity contribution >= 4 is 11.4 Å². The van der Waals surface area contributed by atoms with Crippen molar-refractivity contribution < 1.29 is 0 Å². The molecule has 1 aromatic rings. The maximum absolute atomic E-state index is 9.09. The Labute approximate surface area is 103 Å². The van der Waals surface area contributed by atoms with Crippen LogP contribution >= 0.6 is 0 Å². The highest BCUT2D eigenvalue weighted by Crippen LogP contribution is 2.31. The first-order chi connectivity index (χ1) is 8.22. The fourth-order valence-electron chi connectivity index (χ4n) is 2.47. The molecule has 1 aliphatic carbocycles. The minimum absolute atomic E-state index is 0.158. The summed E-state index contributed by atoms with van der Waals surface area (Å²) in [6.07, 6.45) is 3.28. The predicted octanol–water partition coefficient (Wildman–Crippen LogP) is 2.86. The average Bonchev–Trinajstić information content (AvgIpc) is 2.77. The van der Waals surface area contributed by atoms with E-state index in [0.29, 0.717) is 6.04 Å². The van der Waals surface area contributed by atoms with Gasteiger partial charge < -0.3 is 10.2 Å². The summed E-state index contributed by atoms with van der Waals surface area (Å²) in [6, 6.07) is 11.0. The van der Waals surface area contributed by atoms with Crippen molar-refractivity contribution in [3.8, 4) is 6.07 Å². The minimum atomic E-state index is 0.158. The third kappa shape index (κ3) is 2.52. The first kappa shape index (κ1) is 11.8. The number of para-hydroxylation sites is 2. The van der Waals surface area contributed by atoms with E-state index >= 15 is 0 Å².